The van der Waals surface area contributed by atoms with Gasteiger partial charge in [0.1, 0.15) is 0 Å². The minimum absolute atomic E-state index is 0.0310. The molecule has 0 unspecified atom stereocenters. The number of aryl methyl sites for hydroxylation is 1. The number of benzene rings is 1. The summed E-state index contributed by atoms with van der Waals surface area (Å²) in [7, 11) is 1.77. The molecule has 0 fully saturated rings. The van der Waals surface area contributed by atoms with Crippen LogP contribution >= 0.6 is 0 Å². The minimum Gasteiger partial charge on any atom is -0.340 e. The summed E-state index contributed by atoms with van der Waals surface area (Å²) < 4.78 is 0. The van der Waals surface area contributed by atoms with Gasteiger partial charge in [-0.2, -0.15) is 0 Å². The van der Waals surface area contributed by atoms with Crippen LogP contribution in [0.5, 0.6) is 0 Å². The van der Waals surface area contributed by atoms with Gasteiger partial charge in [-0.3, -0.25) is 4.79 Å². The summed E-state index contributed by atoms with van der Waals surface area (Å²) in [6.07, 6.45) is 0. The number of hydrogen-bond donors (Lipinski definition) is 1. The molecule has 0 aromatic heterocycles. The van der Waals surface area contributed by atoms with Gasteiger partial charge >= 0.3 is 0 Å². The monoisotopic (exact) mass is 206 g/mol. The van der Waals surface area contributed by atoms with E-state index in [1.54, 1.807) is 18.9 Å². The van der Waals surface area contributed by atoms with E-state index in [0.717, 1.165) is 5.56 Å². The second-order valence-electron chi connectivity index (χ2n) is 3.97. The molecule has 0 bridgehead atoms. The van der Waals surface area contributed by atoms with Crippen molar-refractivity contribution in [3.05, 3.63) is 35.4 Å². The van der Waals surface area contributed by atoms with E-state index in [9.17, 15) is 4.79 Å². The van der Waals surface area contributed by atoms with Crippen LogP contribution in [0.3, 0.4) is 0 Å². The predicted octanol–water partition coefficient (Wildman–Crippen LogP) is 1.30. The van der Waals surface area contributed by atoms with Crippen LogP contribution in [-0.2, 0) is 11.3 Å². The van der Waals surface area contributed by atoms with E-state index in [-0.39, 0.29) is 5.91 Å². The Bertz CT molecular complexity index is 347. The number of amides is 1. The Morgan fingerprint density at radius 3 is 2.73 bits per heavy atom. The molecule has 1 atom stereocenters. The zero-order chi connectivity index (χ0) is 11.4. The molecule has 0 radical (unpaired) electrons. The molecule has 1 aromatic rings. The number of carbonyl (C=O) groups is 1. The number of nitrogens with two attached hydrogens (primary N) is 1. The number of hydrogen-bond acceptors (Lipinski definition) is 2. The maximum atomic E-state index is 11.5. The van der Waals surface area contributed by atoms with Gasteiger partial charge in [0.25, 0.3) is 0 Å². The third-order valence-corrected chi connectivity index (χ3v) is 2.27. The molecule has 15 heavy (non-hydrogen) atoms. The molecule has 3 nitrogen and oxygen atoms in total. The quantitative estimate of drug-likeness (QED) is 0.810. The Balaban J connectivity index is 2.66. The van der Waals surface area contributed by atoms with Crippen molar-refractivity contribution in [1.29, 1.82) is 0 Å². The van der Waals surface area contributed by atoms with Crippen LogP contribution in [0.2, 0.25) is 0 Å². The number of nitrogens with zero attached hydrogens (tertiary/aromatic N) is 1. The lowest BCUT2D eigenvalue weighted by atomic mass is 10.1. The molecule has 82 valence electrons. The van der Waals surface area contributed by atoms with Gasteiger partial charge in [-0.25, -0.2) is 0 Å². The summed E-state index contributed by atoms with van der Waals surface area (Å²) in [4.78, 5) is 13.2. The SMILES string of the molecule is Cc1cccc(CN(C)C(=O)[C@H](C)N)c1. The van der Waals surface area contributed by atoms with E-state index in [2.05, 4.69) is 6.07 Å². The Morgan fingerprint density at radius 1 is 1.53 bits per heavy atom. The molecule has 0 saturated heterocycles. The van der Waals surface area contributed by atoms with Gasteiger partial charge in [0.15, 0.2) is 0 Å². The maximum absolute atomic E-state index is 11.5. The van der Waals surface area contributed by atoms with Crippen molar-refractivity contribution in [3.63, 3.8) is 0 Å². The first-order valence-corrected chi connectivity index (χ1v) is 5.07. The van der Waals surface area contributed by atoms with E-state index in [1.165, 1.54) is 5.56 Å². The number of carbonyl (C=O) groups excluding carboxylic acids is 1. The normalized spacial score (nSPS) is 12.3. The van der Waals surface area contributed by atoms with Gasteiger partial charge in [0, 0.05) is 13.6 Å². The molecule has 2 N–H and O–H groups in total. The molecular weight excluding hydrogens is 188 g/mol. The molecule has 0 saturated carbocycles. The highest BCUT2D eigenvalue weighted by Crippen LogP contribution is 2.07. The summed E-state index contributed by atoms with van der Waals surface area (Å²) in [6, 6.07) is 7.69. The van der Waals surface area contributed by atoms with E-state index in [1.807, 2.05) is 25.1 Å². The van der Waals surface area contributed by atoms with Gasteiger partial charge in [-0.1, -0.05) is 29.8 Å². The smallest absolute Gasteiger partial charge is 0.239 e. The molecule has 0 aliphatic rings. The maximum Gasteiger partial charge on any atom is 0.239 e. The van der Waals surface area contributed by atoms with Gasteiger partial charge in [0.2, 0.25) is 5.91 Å². The third kappa shape index (κ3) is 3.36. The van der Waals surface area contributed by atoms with Crippen molar-refractivity contribution in [2.45, 2.75) is 26.4 Å². The lowest BCUT2D eigenvalue weighted by Gasteiger charge is -2.19. The van der Waals surface area contributed by atoms with Crippen LogP contribution in [0.15, 0.2) is 24.3 Å². The van der Waals surface area contributed by atoms with Crippen molar-refractivity contribution in [1.82, 2.24) is 4.90 Å². The Morgan fingerprint density at radius 2 is 2.20 bits per heavy atom. The zero-order valence-electron chi connectivity index (χ0n) is 9.53. The first-order chi connectivity index (χ1) is 7.00. The van der Waals surface area contributed by atoms with E-state index in [4.69, 9.17) is 5.73 Å². The summed E-state index contributed by atoms with van der Waals surface area (Å²) in [5.74, 6) is -0.0310. The molecule has 1 rings (SSSR count). The van der Waals surface area contributed by atoms with E-state index in [0.29, 0.717) is 6.54 Å². The van der Waals surface area contributed by atoms with Crippen molar-refractivity contribution < 1.29 is 4.79 Å². The number of rotatable bonds is 3. The van der Waals surface area contributed by atoms with Crippen molar-refractivity contribution >= 4 is 5.91 Å². The fourth-order valence-corrected chi connectivity index (χ4v) is 1.51. The van der Waals surface area contributed by atoms with Gasteiger partial charge in [-0.15, -0.1) is 0 Å². The topological polar surface area (TPSA) is 46.3 Å². The van der Waals surface area contributed by atoms with E-state index >= 15 is 0 Å². The van der Waals surface area contributed by atoms with Crippen molar-refractivity contribution in [2.24, 2.45) is 5.73 Å². The van der Waals surface area contributed by atoms with Crippen molar-refractivity contribution in [2.75, 3.05) is 7.05 Å². The Labute approximate surface area is 90.9 Å². The summed E-state index contributed by atoms with van der Waals surface area (Å²) in [5, 5.41) is 0. The second kappa shape index (κ2) is 4.94. The molecule has 0 heterocycles. The first-order valence-electron chi connectivity index (χ1n) is 5.07. The van der Waals surface area contributed by atoms with E-state index < -0.39 is 6.04 Å². The summed E-state index contributed by atoms with van der Waals surface area (Å²) in [5.41, 5.74) is 7.86. The highest BCUT2D eigenvalue weighted by atomic mass is 16.2. The minimum atomic E-state index is -0.431. The molecule has 1 amide bonds. The lowest BCUT2D eigenvalue weighted by Crippen LogP contribution is -2.39. The Kier molecular flexibility index (Phi) is 3.86. The Hall–Kier alpha value is -1.35. The molecule has 0 aliphatic heterocycles. The third-order valence-electron chi connectivity index (χ3n) is 2.27. The molecular formula is C12H18N2O. The van der Waals surface area contributed by atoms with Crippen LogP contribution in [0.1, 0.15) is 18.1 Å². The largest absolute Gasteiger partial charge is 0.340 e. The van der Waals surface area contributed by atoms with Crippen LogP contribution in [-0.4, -0.2) is 23.9 Å². The number of likely N-dealkylation sites (N-methyl/N-ethyl adjacent to an activating group) is 1. The highest BCUT2D eigenvalue weighted by molar-refractivity contribution is 5.80. The molecule has 0 spiro atoms. The van der Waals surface area contributed by atoms with Crippen molar-refractivity contribution in [3.8, 4) is 0 Å². The zero-order valence-corrected chi connectivity index (χ0v) is 9.53. The summed E-state index contributed by atoms with van der Waals surface area (Å²) >= 11 is 0. The predicted molar refractivity (Wildman–Crippen MR) is 61.3 cm³/mol. The molecule has 0 aliphatic carbocycles. The summed E-state index contributed by atoms with van der Waals surface area (Å²) in [6.45, 7) is 4.36. The standard InChI is InChI=1S/C12H18N2O/c1-9-5-4-6-11(7-9)8-14(3)12(15)10(2)13/h4-7,10H,8,13H2,1-3H3/t10-/m0/s1. The average molecular weight is 206 g/mol. The molecule has 1 aromatic carbocycles. The van der Waals surface area contributed by atoms with Gasteiger partial charge < -0.3 is 10.6 Å². The van der Waals surface area contributed by atoms with Crippen LogP contribution in [0.25, 0.3) is 0 Å². The van der Waals surface area contributed by atoms with Crippen LogP contribution in [0, 0.1) is 6.92 Å². The van der Waals surface area contributed by atoms with Crippen LogP contribution in [0.4, 0.5) is 0 Å². The van der Waals surface area contributed by atoms with Gasteiger partial charge in [0.05, 0.1) is 6.04 Å². The van der Waals surface area contributed by atoms with Gasteiger partial charge in [-0.05, 0) is 19.4 Å². The first kappa shape index (κ1) is 11.7. The lowest BCUT2D eigenvalue weighted by molar-refractivity contribution is -0.131. The fourth-order valence-electron chi connectivity index (χ4n) is 1.51. The average Bonchev–Trinajstić information content (AvgIpc) is 2.16. The molecule has 3 heteroatoms. The fraction of sp³-hybridized carbons (Fsp3) is 0.417. The highest BCUT2D eigenvalue weighted by Gasteiger charge is 2.13. The van der Waals surface area contributed by atoms with Crippen LogP contribution < -0.4 is 5.73 Å². The second-order valence-corrected chi connectivity index (χ2v) is 3.97.